The summed E-state index contributed by atoms with van der Waals surface area (Å²) in [6.07, 6.45) is 9.12. The minimum Gasteiger partial charge on any atom is -0.298 e. The molecular formula is C19H32N2. The van der Waals surface area contributed by atoms with Crippen LogP contribution < -0.4 is 0 Å². The van der Waals surface area contributed by atoms with Crippen LogP contribution in [0.2, 0.25) is 0 Å². The quantitative estimate of drug-likeness (QED) is 0.770. The molecule has 0 amide bonds. The van der Waals surface area contributed by atoms with Crippen molar-refractivity contribution in [1.29, 1.82) is 0 Å². The molecule has 2 heteroatoms. The first kappa shape index (κ1) is 13.4. The highest BCUT2D eigenvalue weighted by Crippen LogP contribution is 2.67. The second-order valence-corrected chi connectivity index (χ2v) is 9.13. The van der Waals surface area contributed by atoms with Crippen molar-refractivity contribution in [3.8, 4) is 0 Å². The minimum absolute atomic E-state index is 0.826. The molecule has 2 aliphatic heterocycles. The molecule has 2 nitrogen and oxygen atoms in total. The lowest BCUT2D eigenvalue weighted by Gasteiger charge is -2.50. The van der Waals surface area contributed by atoms with E-state index in [1.807, 2.05) is 0 Å². The second-order valence-electron chi connectivity index (χ2n) is 9.13. The van der Waals surface area contributed by atoms with Crippen LogP contribution in [0.4, 0.5) is 0 Å². The molecule has 6 atom stereocenters. The fourth-order valence-corrected chi connectivity index (χ4v) is 6.89. The van der Waals surface area contributed by atoms with Crippen LogP contribution in [-0.2, 0) is 0 Å². The lowest BCUT2D eigenvalue weighted by Crippen LogP contribution is -2.62. The van der Waals surface area contributed by atoms with Crippen LogP contribution in [0.3, 0.4) is 0 Å². The maximum atomic E-state index is 3.04. The molecule has 2 saturated heterocycles. The van der Waals surface area contributed by atoms with E-state index < -0.39 is 0 Å². The Morgan fingerprint density at radius 2 is 1.67 bits per heavy atom. The first-order valence-electron chi connectivity index (χ1n) is 9.74. The molecule has 5 fully saturated rings. The molecular weight excluding hydrogens is 256 g/mol. The van der Waals surface area contributed by atoms with Crippen molar-refractivity contribution < 1.29 is 0 Å². The summed E-state index contributed by atoms with van der Waals surface area (Å²) in [7, 11) is 0. The molecule has 0 N–H and O–H groups in total. The van der Waals surface area contributed by atoms with Crippen molar-refractivity contribution in [3.05, 3.63) is 0 Å². The first-order valence-corrected chi connectivity index (χ1v) is 9.74. The van der Waals surface area contributed by atoms with Crippen molar-refractivity contribution >= 4 is 0 Å². The first-order chi connectivity index (χ1) is 10.2. The SMILES string of the molecule is CC(C)C1CN2CCCCC2CN1C1C2C3CCC(C3)C21. The molecule has 3 aliphatic carbocycles. The zero-order valence-electron chi connectivity index (χ0n) is 13.9. The van der Waals surface area contributed by atoms with Crippen molar-refractivity contribution in [2.75, 3.05) is 19.6 Å². The van der Waals surface area contributed by atoms with Crippen LogP contribution in [0.25, 0.3) is 0 Å². The Hall–Kier alpha value is -0.0800. The van der Waals surface area contributed by atoms with Gasteiger partial charge in [-0.05, 0) is 68.2 Å². The maximum absolute atomic E-state index is 3.04. The standard InChI is InChI=1S/C19H32N2/c1-12(2)16-11-20-8-4-3-5-15(20)10-21(16)19-17-13-6-7-14(9-13)18(17)19/h12-19H,3-11H2,1-2H3. The molecule has 5 rings (SSSR count). The summed E-state index contributed by atoms with van der Waals surface area (Å²) in [6, 6.07) is 2.75. The average molecular weight is 288 g/mol. The van der Waals surface area contributed by atoms with Crippen LogP contribution in [-0.4, -0.2) is 47.6 Å². The maximum Gasteiger partial charge on any atom is 0.0250 e. The Labute approximate surface area is 130 Å². The van der Waals surface area contributed by atoms with Gasteiger partial charge in [-0.3, -0.25) is 9.80 Å². The number of nitrogens with zero attached hydrogens (tertiary/aromatic N) is 2. The van der Waals surface area contributed by atoms with E-state index in [9.17, 15) is 0 Å². The van der Waals surface area contributed by atoms with Gasteiger partial charge >= 0.3 is 0 Å². The van der Waals surface area contributed by atoms with E-state index in [0.717, 1.165) is 47.7 Å². The van der Waals surface area contributed by atoms with Gasteiger partial charge < -0.3 is 0 Å². The predicted octanol–water partition coefficient (Wildman–Crippen LogP) is 3.23. The third-order valence-corrected chi connectivity index (χ3v) is 7.87. The molecule has 0 spiro atoms. The van der Waals surface area contributed by atoms with Crippen LogP contribution in [0.5, 0.6) is 0 Å². The van der Waals surface area contributed by atoms with Gasteiger partial charge in [-0.15, -0.1) is 0 Å². The summed E-state index contributed by atoms with van der Waals surface area (Å²) < 4.78 is 0. The van der Waals surface area contributed by atoms with Gasteiger partial charge in [0, 0.05) is 31.2 Å². The number of piperazine rings is 1. The molecule has 2 heterocycles. The van der Waals surface area contributed by atoms with Gasteiger partial charge in [0.15, 0.2) is 0 Å². The van der Waals surface area contributed by atoms with E-state index in [2.05, 4.69) is 23.6 Å². The summed E-state index contributed by atoms with van der Waals surface area (Å²) in [5, 5.41) is 0. The Morgan fingerprint density at radius 1 is 0.905 bits per heavy atom. The number of piperidine rings is 1. The lowest BCUT2D eigenvalue weighted by atomic mass is 9.91. The van der Waals surface area contributed by atoms with Gasteiger partial charge in [0.1, 0.15) is 0 Å². The molecule has 0 aromatic heterocycles. The van der Waals surface area contributed by atoms with Crippen LogP contribution in [0.15, 0.2) is 0 Å². The highest BCUT2D eigenvalue weighted by Gasteiger charge is 2.67. The summed E-state index contributed by atoms with van der Waals surface area (Å²) in [6.45, 7) is 9.08. The molecule has 2 bridgehead atoms. The van der Waals surface area contributed by atoms with E-state index in [-0.39, 0.29) is 0 Å². The van der Waals surface area contributed by atoms with Gasteiger partial charge in [-0.2, -0.15) is 0 Å². The van der Waals surface area contributed by atoms with E-state index in [1.54, 1.807) is 19.3 Å². The third kappa shape index (κ3) is 1.91. The smallest absolute Gasteiger partial charge is 0.0250 e. The van der Waals surface area contributed by atoms with Crippen molar-refractivity contribution in [3.63, 3.8) is 0 Å². The van der Waals surface area contributed by atoms with Crippen molar-refractivity contribution in [2.45, 2.75) is 70.5 Å². The van der Waals surface area contributed by atoms with E-state index in [0.29, 0.717) is 0 Å². The number of hydrogen-bond acceptors (Lipinski definition) is 2. The highest BCUT2D eigenvalue weighted by molar-refractivity contribution is 5.19. The molecule has 118 valence electrons. The topological polar surface area (TPSA) is 6.48 Å². The number of rotatable bonds is 2. The minimum atomic E-state index is 0.826. The Balaban J connectivity index is 1.37. The van der Waals surface area contributed by atoms with E-state index in [4.69, 9.17) is 0 Å². The molecule has 5 aliphatic rings. The molecule has 0 aromatic rings. The normalized spacial score (nSPS) is 53.0. The number of fused-ring (bicyclic) bond motifs is 6. The molecule has 21 heavy (non-hydrogen) atoms. The van der Waals surface area contributed by atoms with Crippen LogP contribution in [0, 0.1) is 29.6 Å². The van der Waals surface area contributed by atoms with Gasteiger partial charge in [0.2, 0.25) is 0 Å². The van der Waals surface area contributed by atoms with Gasteiger partial charge in [-0.25, -0.2) is 0 Å². The second kappa shape index (κ2) is 4.71. The summed E-state index contributed by atoms with van der Waals surface area (Å²) in [5.74, 6) is 5.33. The largest absolute Gasteiger partial charge is 0.298 e. The van der Waals surface area contributed by atoms with Crippen LogP contribution in [0.1, 0.15) is 52.4 Å². The summed E-state index contributed by atoms with van der Waals surface area (Å²) >= 11 is 0. The Bertz CT molecular complexity index is 404. The average Bonchev–Trinajstić information content (AvgIpc) is 2.92. The van der Waals surface area contributed by atoms with Gasteiger partial charge in [-0.1, -0.05) is 20.3 Å². The van der Waals surface area contributed by atoms with E-state index in [1.165, 1.54) is 38.9 Å². The Kier molecular flexibility index (Phi) is 3.00. The number of hydrogen-bond donors (Lipinski definition) is 0. The van der Waals surface area contributed by atoms with Crippen molar-refractivity contribution in [2.24, 2.45) is 29.6 Å². The predicted molar refractivity (Wildman–Crippen MR) is 86.1 cm³/mol. The van der Waals surface area contributed by atoms with Gasteiger partial charge in [0.05, 0.1) is 0 Å². The Morgan fingerprint density at radius 3 is 2.38 bits per heavy atom. The van der Waals surface area contributed by atoms with Crippen LogP contribution >= 0.6 is 0 Å². The molecule has 0 aromatic carbocycles. The zero-order valence-corrected chi connectivity index (χ0v) is 13.9. The summed E-state index contributed by atoms with van der Waals surface area (Å²) in [4.78, 5) is 5.88. The highest BCUT2D eigenvalue weighted by atomic mass is 15.3. The fraction of sp³-hybridized carbons (Fsp3) is 1.00. The molecule has 0 radical (unpaired) electrons. The lowest BCUT2D eigenvalue weighted by molar-refractivity contribution is -0.0197. The fourth-order valence-electron chi connectivity index (χ4n) is 6.89. The third-order valence-electron chi connectivity index (χ3n) is 7.87. The van der Waals surface area contributed by atoms with E-state index >= 15 is 0 Å². The summed E-state index contributed by atoms with van der Waals surface area (Å²) in [5.41, 5.74) is 0. The van der Waals surface area contributed by atoms with Gasteiger partial charge in [0.25, 0.3) is 0 Å². The zero-order chi connectivity index (χ0) is 14.1. The monoisotopic (exact) mass is 288 g/mol. The molecule has 6 unspecified atom stereocenters. The molecule has 3 saturated carbocycles. The van der Waals surface area contributed by atoms with Crippen molar-refractivity contribution in [1.82, 2.24) is 9.80 Å².